The number of thiazole rings is 1. The number of hydrogen-bond acceptors (Lipinski definition) is 6. The van der Waals surface area contributed by atoms with E-state index in [0.29, 0.717) is 5.13 Å². The van der Waals surface area contributed by atoms with Crippen LogP contribution in [0.1, 0.15) is 10.6 Å². The first kappa shape index (κ1) is 14.7. The van der Waals surface area contributed by atoms with Crippen LogP contribution in [0.15, 0.2) is 11.8 Å². The summed E-state index contributed by atoms with van der Waals surface area (Å²) in [6.07, 6.45) is 1.20. The van der Waals surface area contributed by atoms with E-state index < -0.39 is 18.4 Å². The lowest BCUT2D eigenvalue weighted by Crippen LogP contribution is -2.30. The van der Waals surface area contributed by atoms with Crippen LogP contribution in [0.5, 0.6) is 0 Å². The summed E-state index contributed by atoms with van der Waals surface area (Å²) in [4.78, 5) is 27.0. The number of carboxylic acids is 1. The highest BCUT2D eigenvalue weighted by Crippen LogP contribution is 2.21. The van der Waals surface area contributed by atoms with Crippen LogP contribution in [-0.4, -0.2) is 28.5 Å². The summed E-state index contributed by atoms with van der Waals surface area (Å²) < 4.78 is 0. The molecule has 7 nitrogen and oxygen atoms in total. The molecule has 0 aliphatic rings. The van der Waals surface area contributed by atoms with Crippen molar-refractivity contribution in [1.82, 2.24) is 10.3 Å². The number of nitrogens with one attached hydrogen (secondary N) is 2. The van der Waals surface area contributed by atoms with Gasteiger partial charge in [-0.25, -0.2) is 4.98 Å². The normalized spacial score (nSPS) is 10.7. The maximum Gasteiger partial charge on any atom is 0.322 e. The summed E-state index contributed by atoms with van der Waals surface area (Å²) in [6, 6.07) is 1.69. The van der Waals surface area contributed by atoms with Crippen molar-refractivity contribution in [3.63, 3.8) is 0 Å². The van der Waals surface area contributed by atoms with Gasteiger partial charge >= 0.3 is 5.97 Å². The highest BCUT2D eigenvalue weighted by atomic mass is 32.1. The van der Waals surface area contributed by atoms with E-state index in [9.17, 15) is 9.59 Å². The van der Waals surface area contributed by atoms with Crippen molar-refractivity contribution in [3.05, 3.63) is 22.3 Å². The number of carbonyl (C=O) groups excluding carboxylic acids is 1. The van der Waals surface area contributed by atoms with Gasteiger partial charge in [0.1, 0.15) is 18.2 Å². The van der Waals surface area contributed by atoms with E-state index in [-0.39, 0.29) is 5.57 Å². The Bertz CT molecular complexity index is 551. The third-order valence-electron chi connectivity index (χ3n) is 2.13. The Morgan fingerprint density at radius 1 is 1.53 bits per heavy atom. The molecule has 0 aliphatic heterocycles. The molecule has 1 aromatic rings. The zero-order valence-electron chi connectivity index (χ0n) is 10.4. The fourth-order valence-electron chi connectivity index (χ4n) is 1.07. The highest BCUT2D eigenvalue weighted by Gasteiger charge is 2.10. The van der Waals surface area contributed by atoms with Gasteiger partial charge in [0.25, 0.3) is 5.91 Å². The molecule has 0 spiro atoms. The Morgan fingerprint density at radius 3 is 2.68 bits per heavy atom. The first-order valence-corrected chi connectivity index (χ1v) is 6.06. The van der Waals surface area contributed by atoms with E-state index in [1.54, 1.807) is 6.07 Å². The number of carbonyl (C=O) groups is 2. The second-order valence-electron chi connectivity index (χ2n) is 3.55. The summed E-state index contributed by atoms with van der Waals surface area (Å²) >= 11 is 1.39. The molecule has 8 heteroatoms. The number of anilines is 1. The van der Waals surface area contributed by atoms with E-state index >= 15 is 0 Å². The molecule has 0 fully saturated rings. The van der Waals surface area contributed by atoms with Gasteiger partial charge in [-0.15, -0.1) is 11.3 Å². The van der Waals surface area contributed by atoms with Crippen molar-refractivity contribution in [2.75, 3.05) is 11.9 Å². The second kappa shape index (κ2) is 6.51. The number of aliphatic carboxylic acids is 1. The molecule has 0 aliphatic carbocycles. The molecular weight excluding hydrogens is 268 g/mol. The van der Waals surface area contributed by atoms with Crippen molar-refractivity contribution < 1.29 is 14.7 Å². The molecule has 0 radical (unpaired) electrons. The summed E-state index contributed by atoms with van der Waals surface area (Å²) in [5.74, 6) is -1.92. The Morgan fingerprint density at radius 2 is 2.21 bits per heavy atom. The second-order valence-corrected chi connectivity index (χ2v) is 4.75. The summed E-state index contributed by atoms with van der Waals surface area (Å²) in [5.41, 5.74) is 0.654. The van der Waals surface area contributed by atoms with Crippen LogP contribution in [0.25, 0.3) is 0 Å². The van der Waals surface area contributed by atoms with Crippen LogP contribution in [0.3, 0.4) is 0 Å². The lowest BCUT2D eigenvalue weighted by Gasteiger charge is -2.00. The molecule has 0 saturated carbocycles. The van der Waals surface area contributed by atoms with Gasteiger partial charge in [0, 0.05) is 11.1 Å². The van der Waals surface area contributed by atoms with Crippen molar-refractivity contribution in [3.8, 4) is 6.07 Å². The molecule has 0 bridgehead atoms. The molecule has 100 valence electrons. The van der Waals surface area contributed by atoms with Gasteiger partial charge in [-0.2, -0.15) is 5.26 Å². The molecule has 0 unspecified atom stereocenters. The predicted molar refractivity (Wildman–Crippen MR) is 69.6 cm³/mol. The number of hydrogen-bond donors (Lipinski definition) is 3. The maximum atomic E-state index is 11.4. The third kappa shape index (κ3) is 4.40. The van der Waals surface area contributed by atoms with Crippen LogP contribution < -0.4 is 10.6 Å². The van der Waals surface area contributed by atoms with Gasteiger partial charge in [-0.05, 0) is 13.8 Å². The minimum atomic E-state index is -1.18. The first-order valence-electron chi connectivity index (χ1n) is 5.25. The molecule has 3 N–H and O–H groups in total. The van der Waals surface area contributed by atoms with Gasteiger partial charge in [-0.3, -0.25) is 9.59 Å². The van der Waals surface area contributed by atoms with Gasteiger partial charge in [0.2, 0.25) is 0 Å². The summed E-state index contributed by atoms with van der Waals surface area (Å²) in [6.45, 7) is 3.23. The van der Waals surface area contributed by atoms with Crippen molar-refractivity contribution in [2.24, 2.45) is 0 Å². The lowest BCUT2D eigenvalue weighted by atomic mass is 10.3. The molecule has 1 rings (SSSR count). The van der Waals surface area contributed by atoms with Crippen molar-refractivity contribution >= 4 is 28.3 Å². The Kier molecular flexibility index (Phi) is 5.02. The first-order chi connectivity index (χ1) is 8.93. The molecule has 0 atom stereocenters. The average Bonchev–Trinajstić information content (AvgIpc) is 2.67. The maximum absolute atomic E-state index is 11.4. The van der Waals surface area contributed by atoms with E-state index in [1.807, 2.05) is 13.8 Å². The van der Waals surface area contributed by atoms with Crippen LogP contribution in [0, 0.1) is 25.2 Å². The number of rotatable bonds is 5. The third-order valence-corrected chi connectivity index (χ3v) is 3.14. The van der Waals surface area contributed by atoms with Gasteiger partial charge < -0.3 is 15.7 Å². The lowest BCUT2D eigenvalue weighted by molar-refractivity contribution is -0.137. The zero-order valence-corrected chi connectivity index (χ0v) is 11.2. The molecule has 1 heterocycles. The molecule has 0 aromatic carbocycles. The monoisotopic (exact) mass is 280 g/mol. The standard InChI is InChI=1S/C11H12N4O3S/c1-6-7(2)19-11(15-6)14-4-8(3-12)10(18)13-5-9(16)17/h4H,5H2,1-2H3,(H,13,18)(H,14,15)(H,16,17)/b8-4-. The Labute approximate surface area is 113 Å². The van der Waals surface area contributed by atoms with Crippen molar-refractivity contribution in [2.45, 2.75) is 13.8 Å². The van der Waals surface area contributed by atoms with Crippen LogP contribution in [0.4, 0.5) is 5.13 Å². The number of nitrogens with zero attached hydrogens (tertiary/aromatic N) is 2. The number of amides is 1. The Balaban J connectivity index is 2.69. The fourth-order valence-corrected chi connectivity index (χ4v) is 1.85. The van der Waals surface area contributed by atoms with Crippen molar-refractivity contribution in [1.29, 1.82) is 5.26 Å². The largest absolute Gasteiger partial charge is 0.480 e. The summed E-state index contributed by atoms with van der Waals surface area (Å²) in [7, 11) is 0. The summed E-state index contributed by atoms with van der Waals surface area (Å²) in [5, 5.41) is 22.6. The SMILES string of the molecule is Cc1nc(N/C=C(/C#N)C(=O)NCC(=O)O)sc1C. The van der Waals surface area contributed by atoms with Gasteiger partial charge in [0.15, 0.2) is 5.13 Å². The molecule has 1 amide bonds. The van der Waals surface area contributed by atoms with E-state index in [0.717, 1.165) is 10.6 Å². The Hall–Kier alpha value is -2.40. The number of carboxylic acid groups (broad SMARTS) is 1. The minimum Gasteiger partial charge on any atom is -0.480 e. The van der Waals surface area contributed by atoms with Crippen LogP contribution >= 0.6 is 11.3 Å². The van der Waals surface area contributed by atoms with E-state index in [4.69, 9.17) is 10.4 Å². The predicted octanol–water partition coefficient (Wildman–Crippen LogP) is 0.780. The van der Waals surface area contributed by atoms with Crippen LogP contribution in [-0.2, 0) is 9.59 Å². The molecule has 0 saturated heterocycles. The zero-order chi connectivity index (χ0) is 14.4. The van der Waals surface area contributed by atoms with Gasteiger partial charge in [0.05, 0.1) is 5.69 Å². The van der Waals surface area contributed by atoms with Crippen LogP contribution in [0.2, 0.25) is 0 Å². The highest BCUT2D eigenvalue weighted by molar-refractivity contribution is 7.15. The number of nitriles is 1. The molecule has 1 aromatic heterocycles. The quantitative estimate of drug-likeness (QED) is 0.542. The smallest absolute Gasteiger partial charge is 0.322 e. The molecule has 19 heavy (non-hydrogen) atoms. The number of aryl methyl sites for hydroxylation is 2. The molecular formula is C11H12N4O3S. The number of aromatic nitrogens is 1. The van der Waals surface area contributed by atoms with E-state index in [2.05, 4.69) is 15.6 Å². The topological polar surface area (TPSA) is 115 Å². The van der Waals surface area contributed by atoms with E-state index in [1.165, 1.54) is 17.5 Å². The fraction of sp³-hybridized carbons (Fsp3) is 0.273. The minimum absolute atomic E-state index is 0.216. The van der Waals surface area contributed by atoms with Gasteiger partial charge in [-0.1, -0.05) is 0 Å². The average molecular weight is 280 g/mol.